The lowest BCUT2D eigenvalue weighted by Gasteiger charge is -2.22. The van der Waals surface area contributed by atoms with Gasteiger partial charge >= 0.3 is 0 Å². The highest BCUT2D eigenvalue weighted by molar-refractivity contribution is 7.99. The van der Waals surface area contributed by atoms with Crippen molar-refractivity contribution in [3.8, 4) is 6.07 Å². The van der Waals surface area contributed by atoms with Crippen LogP contribution in [0.25, 0.3) is 0 Å². The highest BCUT2D eigenvalue weighted by Crippen LogP contribution is 2.24. The van der Waals surface area contributed by atoms with Crippen LogP contribution in [-0.4, -0.2) is 39.4 Å². The summed E-state index contributed by atoms with van der Waals surface area (Å²) in [5.41, 5.74) is 0.675. The third kappa shape index (κ3) is 3.12. The van der Waals surface area contributed by atoms with Crippen LogP contribution in [-0.2, 0) is 4.79 Å². The second kappa shape index (κ2) is 6.76. The average Bonchev–Trinajstić information content (AvgIpc) is 3.25. The van der Waals surface area contributed by atoms with E-state index in [1.165, 1.54) is 47.1 Å². The lowest BCUT2D eigenvalue weighted by Crippen LogP contribution is -2.44. The Morgan fingerprint density at radius 2 is 2.21 bits per heavy atom. The molecule has 8 heteroatoms. The molecule has 24 heavy (non-hydrogen) atoms. The van der Waals surface area contributed by atoms with E-state index in [0.29, 0.717) is 17.2 Å². The third-order valence-corrected chi connectivity index (χ3v) is 4.63. The van der Waals surface area contributed by atoms with Crippen LogP contribution in [0.4, 0.5) is 10.1 Å². The maximum Gasteiger partial charge on any atom is 0.271 e. The number of hydrogen-bond acceptors (Lipinski definition) is 4. The van der Waals surface area contributed by atoms with E-state index >= 15 is 0 Å². The normalized spacial score (nSPS) is 16.7. The number of halogens is 1. The number of carbonyl (C=O) groups excluding carboxylic acids is 2. The molecule has 1 atom stereocenters. The van der Waals surface area contributed by atoms with Crippen molar-refractivity contribution in [3.63, 3.8) is 0 Å². The number of nitriles is 1. The predicted molar refractivity (Wildman–Crippen MR) is 87.8 cm³/mol. The molecule has 6 nitrogen and oxygen atoms in total. The number of H-pyrrole nitrogens is 1. The van der Waals surface area contributed by atoms with Crippen LogP contribution in [0.15, 0.2) is 36.5 Å². The first kappa shape index (κ1) is 16.1. The van der Waals surface area contributed by atoms with Crippen molar-refractivity contribution in [2.45, 2.75) is 6.04 Å². The zero-order valence-corrected chi connectivity index (χ0v) is 13.3. The molecule has 1 aromatic heterocycles. The van der Waals surface area contributed by atoms with Crippen molar-refractivity contribution < 1.29 is 14.0 Å². The van der Waals surface area contributed by atoms with Gasteiger partial charge in [-0.1, -0.05) is 12.1 Å². The Morgan fingerprint density at radius 1 is 1.42 bits per heavy atom. The molecule has 0 aliphatic carbocycles. The zero-order valence-electron chi connectivity index (χ0n) is 12.5. The van der Waals surface area contributed by atoms with Crippen molar-refractivity contribution in [1.82, 2.24) is 9.88 Å². The largest absolute Gasteiger partial charge is 0.356 e. The van der Waals surface area contributed by atoms with Gasteiger partial charge in [0.2, 0.25) is 5.91 Å². The summed E-state index contributed by atoms with van der Waals surface area (Å²) in [6, 6.07) is 8.55. The average molecular weight is 344 g/mol. The van der Waals surface area contributed by atoms with Crippen molar-refractivity contribution in [2.75, 3.05) is 16.9 Å². The summed E-state index contributed by atoms with van der Waals surface area (Å²) in [6.07, 6.45) is 1.44. The summed E-state index contributed by atoms with van der Waals surface area (Å²) in [7, 11) is 0. The van der Waals surface area contributed by atoms with E-state index in [4.69, 9.17) is 5.26 Å². The predicted octanol–water partition coefficient (Wildman–Crippen LogP) is 2.18. The van der Waals surface area contributed by atoms with Gasteiger partial charge in [-0.3, -0.25) is 9.59 Å². The molecular formula is C16H13FN4O2S. The van der Waals surface area contributed by atoms with Gasteiger partial charge in [0.25, 0.3) is 5.91 Å². The first-order valence-electron chi connectivity index (χ1n) is 7.13. The number of para-hydroxylation sites is 1. The lowest BCUT2D eigenvalue weighted by molar-refractivity contribution is -0.119. The lowest BCUT2D eigenvalue weighted by atomic mass is 10.2. The number of hydrogen-bond donors (Lipinski definition) is 2. The highest BCUT2D eigenvalue weighted by Gasteiger charge is 2.35. The van der Waals surface area contributed by atoms with E-state index in [9.17, 15) is 14.0 Å². The molecule has 2 N–H and O–H groups in total. The number of aromatic nitrogens is 1. The van der Waals surface area contributed by atoms with E-state index in [-0.39, 0.29) is 17.3 Å². The van der Waals surface area contributed by atoms with Gasteiger partial charge in [-0.15, -0.1) is 11.8 Å². The molecule has 1 saturated heterocycles. The summed E-state index contributed by atoms with van der Waals surface area (Å²) in [6.45, 7) is 0. The third-order valence-electron chi connectivity index (χ3n) is 3.62. The minimum Gasteiger partial charge on any atom is -0.356 e. The molecule has 0 saturated carbocycles. The van der Waals surface area contributed by atoms with Gasteiger partial charge in [0, 0.05) is 11.9 Å². The summed E-state index contributed by atoms with van der Waals surface area (Å²) in [4.78, 5) is 29.1. The summed E-state index contributed by atoms with van der Waals surface area (Å²) in [5, 5.41) is 11.4. The van der Waals surface area contributed by atoms with Gasteiger partial charge in [0.05, 0.1) is 17.1 Å². The van der Waals surface area contributed by atoms with E-state index in [2.05, 4.69) is 10.3 Å². The molecule has 2 amide bonds. The summed E-state index contributed by atoms with van der Waals surface area (Å²) >= 11 is 1.44. The maximum absolute atomic E-state index is 13.7. The number of nitrogens with one attached hydrogen (secondary N) is 2. The first-order chi connectivity index (χ1) is 11.6. The number of carbonyl (C=O) groups is 2. The fourth-order valence-electron chi connectivity index (χ4n) is 2.38. The Morgan fingerprint density at radius 3 is 2.92 bits per heavy atom. The number of aromatic amines is 1. The van der Waals surface area contributed by atoms with Gasteiger partial charge in [0.1, 0.15) is 23.6 Å². The Labute approximate surface area is 141 Å². The Hall–Kier alpha value is -2.79. The molecule has 122 valence electrons. The summed E-state index contributed by atoms with van der Waals surface area (Å²) < 4.78 is 13.7. The minimum absolute atomic E-state index is 0.0819. The number of rotatable bonds is 3. The Balaban J connectivity index is 1.75. The fourth-order valence-corrected chi connectivity index (χ4v) is 3.53. The fraction of sp³-hybridized carbons (Fsp3) is 0.188. The second-order valence-corrected chi connectivity index (χ2v) is 6.17. The van der Waals surface area contributed by atoms with Gasteiger partial charge in [-0.2, -0.15) is 5.26 Å². The van der Waals surface area contributed by atoms with Gasteiger partial charge in [0.15, 0.2) is 0 Å². The number of thioether (sulfide) groups is 1. The van der Waals surface area contributed by atoms with E-state index < -0.39 is 17.8 Å². The van der Waals surface area contributed by atoms with Crippen LogP contribution in [0, 0.1) is 17.1 Å². The van der Waals surface area contributed by atoms with Crippen molar-refractivity contribution >= 4 is 29.3 Å². The first-order valence-corrected chi connectivity index (χ1v) is 8.28. The van der Waals surface area contributed by atoms with Crippen molar-refractivity contribution in [1.29, 1.82) is 5.26 Å². The van der Waals surface area contributed by atoms with E-state index in [1.807, 2.05) is 6.07 Å². The Bertz CT molecular complexity index is 829. The number of benzene rings is 1. The monoisotopic (exact) mass is 344 g/mol. The van der Waals surface area contributed by atoms with Crippen LogP contribution in [0.2, 0.25) is 0 Å². The second-order valence-electron chi connectivity index (χ2n) is 5.17. The molecule has 3 rings (SSSR count). The molecule has 1 fully saturated rings. The number of amides is 2. The smallest absolute Gasteiger partial charge is 0.271 e. The minimum atomic E-state index is -0.698. The van der Waals surface area contributed by atoms with Crippen molar-refractivity contribution in [2.24, 2.45) is 0 Å². The molecule has 2 aromatic rings. The molecule has 0 bridgehead atoms. The number of anilines is 1. The SMILES string of the molecule is N#Cc1c[nH]c(C(=O)N2CSCC2C(=O)Nc2ccccc2F)c1. The quantitative estimate of drug-likeness (QED) is 0.893. The Kier molecular flexibility index (Phi) is 4.53. The topological polar surface area (TPSA) is 89.0 Å². The molecule has 2 heterocycles. The van der Waals surface area contributed by atoms with Crippen LogP contribution < -0.4 is 5.32 Å². The van der Waals surface area contributed by atoms with E-state index in [0.717, 1.165) is 0 Å². The van der Waals surface area contributed by atoms with Crippen LogP contribution in [0.1, 0.15) is 16.1 Å². The molecule has 1 unspecified atom stereocenters. The van der Waals surface area contributed by atoms with Gasteiger partial charge in [-0.25, -0.2) is 4.39 Å². The molecular weight excluding hydrogens is 331 g/mol. The summed E-state index contributed by atoms with van der Waals surface area (Å²) in [5.74, 6) is -0.550. The van der Waals surface area contributed by atoms with Crippen LogP contribution >= 0.6 is 11.8 Å². The molecule has 0 spiro atoms. The van der Waals surface area contributed by atoms with Gasteiger partial charge < -0.3 is 15.2 Å². The standard InChI is InChI=1S/C16H13FN4O2S/c17-11-3-1-2-4-12(11)20-15(22)14-8-24-9-21(14)16(23)13-5-10(6-18)7-19-13/h1-5,7,14,19H,8-9H2,(H,20,22). The zero-order chi connectivity index (χ0) is 17.1. The highest BCUT2D eigenvalue weighted by atomic mass is 32.2. The number of nitrogens with zero attached hydrogens (tertiary/aromatic N) is 2. The molecule has 0 radical (unpaired) electrons. The molecule has 1 aliphatic heterocycles. The maximum atomic E-state index is 13.7. The van der Waals surface area contributed by atoms with E-state index in [1.54, 1.807) is 6.07 Å². The molecule has 1 aliphatic rings. The van der Waals surface area contributed by atoms with Crippen LogP contribution in [0.5, 0.6) is 0 Å². The van der Waals surface area contributed by atoms with Crippen LogP contribution in [0.3, 0.4) is 0 Å². The van der Waals surface area contributed by atoms with Crippen molar-refractivity contribution in [3.05, 3.63) is 53.6 Å². The molecule has 1 aromatic carbocycles. The van der Waals surface area contributed by atoms with Gasteiger partial charge in [-0.05, 0) is 18.2 Å².